The van der Waals surface area contributed by atoms with Gasteiger partial charge in [0.25, 0.3) is 0 Å². The molecule has 1 amide bonds. The molecule has 2 rings (SSSR count). The number of benzene rings is 2. The van der Waals surface area contributed by atoms with Crippen molar-refractivity contribution in [3.05, 3.63) is 58.6 Å². The Kier molecular flexibility index (Phi) is 5.99. The minimum Gasteiger partial charge on any atom is -0.326 e. The molecule has 0 aromatic heterocycles. The zero-order valence-electron chi connectivity index (χ0n) is 13.5. The summed E-state index contributed by atoms with van der Waals surface area (Å²) in [5.74, 6) is -0.252. The molecule has 0 fully saturated rings. The van der Waals surface area contributed by atoms with E-state index in [4.69, 9.17) is 11.6 Å². The van der Waals surface area contributed by atoms with Gasteiger partial charge in [0.05, 0.1) is 4.90 Å². The number of halogens is 1. The van der Waals surface area contributed by atoms with Crippen LogP contribution >= 0.6 is 11.6 Å². The standard InChI is InChI=1S/C17H19ClN2O3S/c1-12-5-3-8-16(13(12)2)20-17(21)9-10-19-24(22,23)15-7-4-6-14(18)11-15/h3-8,11,19H,9-10H2,1-2H3,(H,20,21). The third kappa shape index (κ3) is 4.80. The first kappa shape index (κ1) is 18.4. The molecule has 24 heavy (non-hydrogen) atoms. The molecule has 0 aliphatic carbocycles. The second-order valence-electron chi connectivity index (χ2n) is 5.40. The molecule has 2 aromatic carbocycles. The maximum atomic E-state index is 12.1. The van der Waals surface area contributed by atoms with Crippen molar-refractivity contribution < 1.29 is 13.2 Å². The van der Waals surface area contributed by atoms with E-state index in [9.17, 15) is 13.2 Å². The normalized spacial score (nSPS) is 11.3. The molecule has 128 valence electrons. The van der Waals surface area contributed by atoms with Crippen LogP contribution in [0.1, 0.15) is 17.5 Å². The average molecular weight is 367 g/mol. The summed E-state index contributed by atoms with van der Waals surface area (Å²) >= 11 is 5.80. The number of hydrogen-bond acceptors (Lipinski definition) is 3. The summed E-state index contributed by atoms with van der Waals surface area (Å²) in [6.45, 7) is 3.89. The summed E-state index contributed by atoms with van der Waals surface area (Å²) in [5, 5.41) is 3.13. The molecule has 0 radical (unpaired) electrons. The van der Waals surface area contributed by atoms with E-state index < -0.39 is 10.0 Å². The van der Waals surface area contributed by atoms with Crippen LogP contribution in [-0.2, 0) is 14.8 Å². The predicted molar refractivity (Wildman–Crippen MR) is 95.8 cm³/mol. The number of nitrogens with one attached hydrogen (secondary N) is 2. The first-order valence-electron chi connectivity index (χ1n) is 7.41. The molecule has 0 aliphatic rings. The highest BCUT2D eigenvalue weighted by molar-refractivity contribution is 7.89. The molecule has 2 aromatic rings. The number of aryl methyl sites for hydroxylation is 1. The van der Waals surface area contributed by atoms with Crippen molar-refractivity contribution in [3.63, 3.8) is 0 Å². The van der Waals surface area contributed by atoms with Gasteiger partial charge in [-0.1, -0.05) is 29.8 Å². The van der Waals surface area contributed by atoms with E-state index in [1.165, 1.54) is 12.1 Å². The second kappa shape index (κ2) is 7.79. The van der Waals surface area contributed by atoms with Crippen molar-refractivity contribution in [1.29, 1.82) is 0 Å². The number of sulfonamides is 1. The summed E-state index contributed by atoms with van der Waals surface area (Å²) in [4.78, 5) is 12.1. The number of amides is 1. The first-order chi connectivity index (χ1) is 11.3. The summed E-state index contributed by atoms with van der Waals surface area (Å²) in [6, 6.07) is 11.6. The van der Waals surface area contributed by atoms with Gasteiger partial charge in [0.15, 0.2) is 0 Å². The van der Waals surface area contributed by atoms with E-state index in [1.807, 2.05) is 32.0 Å². The highest BCUT2D eigenvalue weighted by Crippen LogP contribution is 2.18. The first-order valence-corrected chi connectivity index (χ1v) is 9.27. The fraction of sp³-hybridized carbons (Fsp3) is 0.235. The van der Waals surface area contributed by atoms with Gasteiger partial charge in [0.2, 0.25) is 15.9 Å². The van der Waals surface area contributed by atoms with Gasteiger partial charge in [-0.2, -0.15) is 0 Å². The van der Waals surface area contributed by atoms with E-state index >= 15 is 0 Å². The third-order valence-corrected chi connectivity index (χ3v) is 5.32. The highest BCUT2D eigenvalue weighted by atomic mass is 35.5. The lowest BCUT2D eigenvalue weighted by molar-refractivity contribution is -0.116. The summed E-state index contributed by atoms with van der Waals surface area (Å²) in [6.07, 6.45) is 0.0349. The number of carbonyl (C=O) groups is 1. The van der Waals surface area contributed by atoms with Crippen molar-refractivity contribution in [2.24, 2.45) is 0 Å². The van der Waals surface area contributed by atoms with Crippen LogP contribution in [0.5, 0.6) is 0 Å². The molecule has 0 atom stereocenters. The molecule has 0 aliphatic heterocycles. The maximum absolute atomic E-state index is 12.1. The van der Waals surface area contributed by atoms with Crippen LogP contribution in [0, 0.1) is 13.8 Å². The van der Waals surface area contributed by atoms with E-state index in [-0.39, 0.29) is 23.8 Å². The summed E-state index contributed by atoms with van der Waals surface area (Å²) in [7, 11) is -3.68. The predicted octanol–water partition coefficient (Wildman–Crippen LogP) is 3.26. The molecule has 2 N–H and O–H groups in total. The Hall–Kier alpha value is -1.89. The van der Waals surface area contributed by atoms with Gasteiger partial charge in [-0.25, -0.2) is 13.1 Å². The van der Waals surface area contributed by atoms with E-state index in [1.54, 1.807) is 12.1 Å². The van der Waals surface area contributed by atoms with Crippen molar-refractivity contribution >= 4 is 33.2 Å². The van der Waals surface area contributed by atoms with Crippen LogP contribution < -0.4 is 10.0 Å². The van der Waals surface area contributed by atoms with Gasteiger partial charge in [-0.05, 0) is 49.2 Å². The summed E-state index contributed by atoms with van der Waals surface area (Å²) < 4.78 is 26.6. The Balaban J connectivity index is 1.92. The van der Waals surface area contributed by atoms with Crippen molar-refractivity contribution in [2.75, 3.05) is 11.9 Å². The minimum absolute atomic E-state index is 0.00550. The van der Waals surface area contributed by atoms with Crippen LogP contribution in [0.2, 0.25) is 5.02 Å². The Morgan fingerprint density at radius 3 is 2.54 bits per heavy atom. The molecular formula is C17H19ClN2O3S. The number of hydrogen-bond donors (Lipinski definition) is 2. The fourth-order valence-corrected chi connectivity index (χ4v) is 3.45. The van der Waals surface area contributed by atoms with Crippen LogP contribution in [-0.4, -0.2) is 20.9 Å². The highest BCUT2D eigenvalue weighted by Gasteiger charge is 2.14. The van der Waals surface area contributed by atoms with Crippen molar-refractivity contribution in [1.82, 2.24) is 4.72 Å². The molecule has 0 bridgehead atoms. The van der Waals surface area contributed by atoms with E-state index in [0.29, 0.717) is 5.02 Å². The van der Waals surface area contributed by atoms with Gasteiger partial charge < -0.3 is 5.32 Å². The van der Waals surface area contributed by atoms with E-state index in [0.717, 1.165) is 16.8 Å². The number of rotatable bonds is 6. The molecule has 0 unspecified atom stereocenters. The van der Waals surface area contributed by atoms with Crippen molar-refractivity contribution in [2.45, 2.75) is 25.2 Å². The van der Waals surface area contributed by atoms with Gasteiger partial charge in [-0.3, -0.25) is 4.79 Å². The Morgan fingerprint density at radius 1 is 1.12 bits per heavy atom. The lowest BCUT2D eigenvalue weighted by Crippen LogP contribution is -2.28. The molecule has 0 heterocycles. The van der Waals surface area contributed by atoms with Crippen molar-refractivity contribution in [3.8, 4) is 0 Å². The lowest BCUT2D eigenvalue weighted by Gasteiger charge is -2.11. The summed E-state index contributed by atoms with van der Waals surface area (Å²) in [5.41, 5.74) is 2.80. The van der Waals surface area contributed by atoms with Gasteiger partial charge >= 0.3 is 0 Å². The van der Waals surface area contributed by atoms with Gasteiger partial charge in [-0.15, -0.1) is 0 Å². The third-order valence-electron chi connectivity index (χ3n) is 3.63. The Bertz CT molecular complexity index is 851. The topological polar surface area (TPSA) is 75.3 Å². The lowest BCUT2D eigenvalue weighted by atomic mass is 10.1. The van der Waals surface area contributed by atoms with Crippen LogP contribution in [0.25, 0.3) is 0 Å². The largest absolute Gasteiger partial charge is 0.326 e. The zero-order chi connectivity index (χ0) is 17.7. The van der Waals surface area contributed by atoms with Gasteiger partial charge in [0, 0.05) is 23.7 Å². The molecule has 0 saturated heterocycles. The SMILES string of the molecule is Cc1cccc(NC(=O)CCNS(=O)(=O)c2cccc(Cl)c2)c1C. The molecule has 5 nitrogen and oxygen atoms in total. The minimum atomic E-state index is -3.68. The fourth-order valence-electron chi connectivity index (χ4n) is 2.12. The van der Waals surface area contributed by atoms with Crippen LogP contribution in [0.15, 0.2) is 47.4 Å². The molecular weight excluding hydrogens is 348 g/mol. The monoisotopic (exact) mass is 366 g/mol. The Morgan fingerprint density at radius 2 is 1.83 bits per heavy atom. The van der Waals surface area contributed by atoms with Gasteiger partial charge in [0.1, 0.15) is 0 Å². The van der Waals surface area contributed by atoms with Crippen LogP contribution in [0.4, 0.5) is 5.69 Å². The zero-order valence-corrected chi connectivity index (χ0v) is 15.0. The number of carbonyl (C=O) groups excluding carboxylic acids is 1. The van der Waals surface area contributed by atoms with E-state index in [2.05, 4.69) is 10.0 Å². The quantitative estimate of drug-likeness (QED) is 0.823. The molecule has 0 spiro atoms. The van der Waals surface area contributed by atoms with Crippen LogP contribution in [0.3, 0.4) is 0 Å². The molecule has 0 saturated carbocycles. The maximum Gasteiger partial charge on any atom is 0.240 e. The molecule has 7 heteroatoms. The Labute approximate surface area is 147 Å². The second-order valence-corrected chi connectivity index (χ2v) is 7.60. The smallest absolute Gasteiger partial charge is 0.240 e. The average Bonchev–Trinajstić information content (AvgIpc) is 2.52. The number of anilines is 1.